The molecular weight excluding hydrogens is 292 g/mol. The fraction of sp³-hybridized carbons (Fsp3) is 0.500. The summed E-state index contributed by atoms with van der Waals surface area (Å²) in [5.41, 5.74) is 6.75. The summed E-state index contributed by atoms with van der Waals surface area (Å²) in [7, 11) is 0. The zero-order valence-electron chi connectivity index (χ0n) is 11.3. The van der Waals surface area contributed by atoms with Gasteiger partial charge in [-0.2, -0.15) is 0 Å². The summed E-state index contributed by atoms with van der Waals surface area (Å²) in [6.45, 7) is 7.83. The monoisotopic (exact) mass is 312 g/mol. The Morgan fingerprint density at radius 3 is 2.50 bits per heavy atom. The van der Waals surface area contributed by atoms with E-state index in [1.54, 1.807) is 0 Å². The highest BCUT2D eigenvalue weighted by molar-refractivity contribution is 9.10. The van der Waals surface area contributed by atoms with Gasteiger partial charge in [0.15, 0.2) is 0 Å². The smallest absolute Gasteiger partial charge is 0.237 e. The SMILES string of the molecule is C[C@H](NC(=O)[C@H](N)C(C)(C)C)c1cccc(Br)c1. The average molecular weight is 313 g/mol. The van der Waals surface area contributed by atoms with E-state index in [2.05, 4.69) is 21.2 Å². The summed E-state index contributed by atoms with van der Waals surface area (Å²) in [6.07, 6.45) is 0. The van der Waals surface area contributed by atoms with Crippen molar-refractivity contribution in [2.75, 3.05) is 0 Å². The van der Waals surface area contributed by atoms with Crippen LogP contribution in [-0.2, 0) is 4.79 Å². The fourth-order valence-electron chi connectivity index (χ4n) is 1.56. The van der Waals surface area contributed by atoms with E-state index in [1.807, 2.05) is 52.0 Å². The van der Waals surface area contributed by atoms with E-state index in [0.717, 1.165) is 10.0 Å². The normalized spacial score (nSPS) is 15.0. The molecule has 1 aromatic carbocycles. The van der Waals surface area contributed by atoms with Crippen molar-refractivity contribution in [2.24, 2.45) is 11.1 Å². The summed E-state index contributed by atoms with van der Waals surface area (Å²) in [5, 5.41) is 2.94. The van der Waals surface area contributed by atoms with E-state index in [0.29, 0.717) is 0 Å². The highest BCUT2D eigenvalue weighted by Crippen LogP contribution is 2.20. The molecule has 1 rings (SSSR count). The van der Waals surface area contributed by atoms with Gasteiger partial charge in [-0.25, -0.2) is 0 Å². The van der Waals surface area contributed by atoms with Gasteiger partial charge in [-0.1, -0.05) is 48.8 Å². The van der Waals surface area contributed by atoms with Crippen molar-refractivity contribution in [1.29, 1.82) is 0 Å². The molecule has 0 bridgehead atoms. The van der Waals surface area contributed by atoms with Crippen molar-refractivity contribution in [3.8, 4) is 0 Å². The molecule has 0 saturated heterocycles. The van der Waals surface area contributed by atoms with Crippen molar-refractivity contribution in [1.82, 2.24) is 5.32 Å². The van der Waals surface area contributed by atoms with E-state index in [-0.39, 0.29) is 17.4 Å². The van der Waals surface area contributed by atoms with Gasteiger partial charge in [-0.05, 0) is 30.0 Å². The number of nitrogens with one attached hydrogen (secondary N) is 1. The minimum atomic E-state index is -0.507. The standard InChI is InChI=1S/C14H21BrN2O/c1-9(10-6-5-7-11(15)8-10)17-13(18)12(16)14(2,3)4/h5-9,12H,16H2,1-4H3,(H,17,18)/t9-,12-/m0/s1. The van der Waals surface area contributed by atoms with Gasteiger partial charge >= 0.3 is 0 Å². The molecule has 0 saturated carbocycles. The van der Waals surface area contributed by atoms with Crippen LogP contribution in [0.4, 0.5) is 0 Å². The number of nitrogens with two attached hydrogens (primary N) is 1. The van der Waals surface area contributed by atoms with Gasteiger partial charge < -0.3 is 11.1 Å². The lowest BCUT2D eigenvalue weighted by atomic mass is 9.86. The van der Waals surface area contributed by atoms with E-state index >= 15 is 0 Å². The van der Waals surface area contributed by atoms with Gasteiger partial charge in [0.2, 0.25) is 5.91 Å². The van der Waals surface area contributed by atoms with Crippen LogP contribution in [0.3, 0.4) is 0 Å². The van der Waals surface area contributed by atoms with Crippen molar-refractivity contribution in [3.05, 3.63) is 34.3 Å². The topological polar surface area (TPSA) is 55.1 Å². The molecule has 3 N–H and O–H groups in total. The number of carbonyl (C=O) groups excluding carboxylic acids is 1. The molecule has 0 aliphatic carbocycles. The summed E-state index contributed by atoms with van der Waals surface area (Å²) < 4.78 is 1.00. The van der Waals surface area contributed by atoms with Crippen molar-refractivity contribution < 1.29 is 4.79 Å². The second-order valence-corrected chi connectivity index (χ2v) is 6.54. The molecule has 0 spiro atoms. The molecule has 18 heavy (non-hydrogen) atoms. The number of benzene rings is 1. The lowest BCUT2D eigenvalue weighted by Gasteiger charge is -2.27. The summed E-state index contributed by atoms with van der Waals surface area (Å²) in [5.74, 6) is -0.116. The Hall–Kier alpha value is -0.870. The number of halogens is 1. The van der Waals surface area contributed by atoms with Crippen LogP contribution in [0.15, 0.2) is 28.7 Å². The molecule has 0 aliphatic heterocycles. The van der Waals surface area contributed by atoms with Gasteiger partial charge in [-0.3, -0.25) is 4.79 Å². The first-order valence-corrected chi connectivity index (χ1v) is 6.82. The highest BCUT2D eigenvalue weighted by atomic mass is 79.9. The maximum atomic E-state index is 12.0. The molecule has 0 aromatic heterocycles. The lowest BCUT2D eigenvalue weighted by Crippen LogP contribution is -2.49. The van der Waals surface area contributed by atoms with Gasteiger partial charge in [0.05, 0.1) is 12.1 Å². The molecule has 3 nitrogen and oxygen atoms in total. The van der Waals surface area contributed by atoms with Crippen LogP contribution in [0.1, 0.15) is 39.3 Å². The van der Waals surface area contributed by atoms with Crippen LogP contribution >= 0.6 is 15.9 Å². The molecule has 2 atom stereocenters. The predicted octanol–water partition coefficient (Wildman–Crippen LogP) is 3.00. The Labute approximate surface area is 117 Å². The zero-order valence-corrected chi connectivity index (χ0v) is 12.9. The molecule has 0 radical (unpaired) electrons. The van der Waals surface area contributed by atoms with E-state index < -0.39 is 6.04 Å². The largest absolute Gasteiger partial charge is 0.348 e. The van der Waals surface area contributed by atoms with Crippen molar-refractivity contribution >= 4 is 21.8 Å². The number of rotatable bonds is 3. The maximum Gasteiger partial charge on any atom is 0.237 e. The van der Waals surface area contributed by atoms with Gasteiger partial charge in [0, 0.05) is 4.47 Å². The predicted molar refractivity (Wildman–Crippen MR) is 78.1 cm³/mol. The molecule has 0 unspecified atom stereocenters. The Morgan fingerprint density at radius 1 is 1.39 bits per heavy atom. The van der Waals surface area contributed by atoms with Gasteiger partial charge in [0.25, 0.3) is 0 Å². The third kappa shape index (κ3) is 4.10. The average Bonchev–Trinajstić information content (AvgIpc) is 2.26. The van der Waals surface area contributed by atoms with Gasteiger partial charge in [-0.15, -0.1) is 0 Å². The van der Waals surface area contributed by atoms with Crippen LogP contribution in [0.5, 0.6) is 0 Å². The summed E-state index contributed by atoms with van der Waals surface area (Å²) >= 11 is 3.42. The number of amides is 1. The Bertz CT molecular complexity index is 426. The first-order valence-electron chi connectivity index (χ1n) is 6.03. The maximum absolute atomic E-state index is 12.0. The fourth-order valence-corrected chi connectivity index (χ4v) is 1.97. The van der Waals surface area contributed by atoms with Crippen LogP contribution in [0, 0.1) is 5.41 Å². The summed E-state index contributed by atoms with van der Waals surface area (Å²) in [6, 6.07) is 7.33. The minimum absolute atomic E-state index is 0.0524. The lowest BCUT2D eigenvalue weighted by molar-refractivity contribution is -0.125. The molecule has 1 amide bonds. The van der Waals surface area contributed by atoms with E-state index in [9.17, 15) is 4.79 Å². The number of hydrogen-bond acceptors (Lipinski definition) is 2. The van der Waals surface area contributed by atoms with E-state index in [4.69, 9.17) is 5.73 Å². The minimum Gasteiger partial charge on any atom is -0.348 e. The molecule has 4 heteroatoms. The van der Waals surface area contributed by atoms with Crippen LogP contribution in [0.2, 0.25) is 0 Å². The molecular formula is C14H21BrN2O. The Morgan fingerprint density at radius 2 is 2.00 bits per heavy atom. The third-order valence-electron chi connectivity index (χ3n) is 2.92. The van der Waals surface area contributed by atoms with Gasteiger partial charge in [0.1, 0.15) is 0 Å². The molecule has 0 aliphatic rings. The first kappa shape index (κ1) is 15.2. The van der Waals surface area contributed by atoms with Crippen molar-refractivity contribution in [3.63, 3.8) is 0 Å². The quantitative estimate of drug-likeness (QED) is 0.901. The number of carbonyl (C=O) groups is 1. The Balaban J connectivity index is 2.71. The first-order chi connectivity index (χ1) is 8.21. The second-order valence-electron chi connectivity index (χ2n) is 5.63. The van der Waals surface area contributed by atoms with Crippen LogP contribution in [0.25, 0.3) is 0 Å². The molecule has 0 fully saturated rings. The zero-order chi connectivity index (χ0) is 13.9. The third-order valence-corrected chi connectivity index (χ3v) is 3.42. The number of hydrogen-bond donors (Lipinski definition) is 2. The molecule has 1 aromatic rings. The second kappa shape index (κ2) is 5.85. The summed E-state index contributed by atoms with van der Waals surface area (Å²) in [4.78, 5) is 12.0. The van der Waals surface area contributed by atoms with Crippen LogP contribution in [-0.4, -0.2) is 11.9 Å². The molecule has 0 heterocycles. The highest BCUT2D eigenvalue weighted by Gasteiger charge is 2.28. The van der Waals surface area contributed by atoms with Crippen LogP contribution < -0.4 is 11.1 Å². The molecule has 100 valence electrons. The Kier molecular flexibility index (Phi) is 4.93. The van der Waals surface area contributed by atoms with Crippen molar-refractivity contribution in [2.45, 2.75) is 39.8 Å². The van der Waals surface area contributed by atoms with E-state index in [1.165, 1.54) is 0 Å².